The Morgan fingerprint density at radius 1 is 1.10 bits per heavy atom. The molecule has 2 nitrogen and oxygen atoms in total. The molecular formula is C19H35NO. The number of hydrogen-bond acceptors (Lipinski definition) is 2. The van der Waals surface area contributed by atoms with Crippen LogP contribution in [-0.2, 0) is 4.74 Å². The SMILES string of the molecule is CCC1CCCC(OC2(CNC3CC3)CCCC(C)C2)C1. The van der Waals surface area contributed by atoms with Crippen molar-refractivity contribution in [3.8, 4) is 0 Å². The van der Waals surface area contributed by atoms with Gasteiger partial charge in [-0.05, 0) is 50.4 Å². The molecule has 21 heavy (non-hydrogen) atoms. The first-order chi connectivity index (χ1) is 10.2. The van der Waals surface area contributed by atoms with Gasteiger partial charge in [0, 0.05) is 12.6 Å². The first-order valence-electron chi connectivity index (χ1n) is 9.60. The molecule has 0 amide bonds. The third-order valence-electron chi connectivity index (χ3n) is 6.07. The first-order valence-corrected chi connectivity index (χ1v) is 9.60. The quantitative estimate of drug-likeness (QED) is 0.768. The second kappa shape index (κ2) is 7.00. The highest BCUT2D eigenvalue weighted by Crippen LogP contribution is 2.39. The van der Waals surface area contributed by atoms with Gasteiger partial charge in [-0.25, -0.2) is 0 Å². The Morgan fingerprint density at radius 3 is 2.67 bits per heavy atom. The monoisotopic (exact) mass is 293 g/mol. The predicted molar refractivity (Wildman–Crippen MR) is 88.5 cm³/mol. The zero-order chi connectivity index (χ0) is 14.7. The highest BCUT2D eigenvalue weighted by molar-refractivity contribution is 4.94. The molecule has 122 valence electrons. The summed E-state index contributed by atoms with van der Waals surface area (Å²) in [7, 11) is 0. The van der Waals surface area contributed by atoms with Gasteiger partial charge in [0.15, 0.2) is 0 Å². The van der Waals surface area contributed by atoms with Gasteiger partial charge in [-0.3, -0.25) is 0 Å². The molecule has 0 radical (unpaired) electrons. The van der Waals surface area contributed by atoms with Crippen LogP contribution in [0.4, 0.5) is 0 Å². The van der Waals surface area contributed by atoms with E-state index in [4.69, 9.17) is 4.74 Å². The zero-order valence-corrected chi connectivity index (χ0v) is 14.2. The fourth-order valence-electron chi connectivity index (χ4n) is 4.61. The summed E-state index contributed by atoms with van der Waals surface area (Å²) in [4.78, 5) is 0. The standard InChI is InChI=1S/C19H35NO/c1-3-16-7-4-8-18(12-16)21-19(14-20-17-9-10-17)11-5-6-15(2)13-19/h15-18,20H,3-14H2,1-2H3. The van der Waals surface area contributed by atoms with Crippen LogP contribution >= 0.6 is 0 Å². The smallest absolute Gasteiger partial charge is 0.0812 e. The van der Waals surface area contributed by atoms with Gasteiger partial charge in [0.2, 0.25) is 0 Å². The maximum atomic E-state index is 6.84. The Morgan fingerprint density at radius 2 is 1.95 bits per heavy atom. The molecule has 0 saturated heterocycles. The largest absolute Gasteiger partial charge is 0.370 e. The Labute approximate surface area is 131 Å². The lowest BCUT2D eigenvalue weighted by atomic mass is 9.77. The molecule has 3 saturated carbocycles. The fraction of sp³-hybridized carbons (Fsp3) is 1.00. The van der Waals surface area contributed by atoms with Crippen molar-refractivity contribution in [2.24, 2.45) is 11.8 Å². The molecule has 0 aromatic rings. The van der Waals surface area contributed by atoms with E-state index in [0.717, 1.165) is 24.4 Å². The highest BCUT2D eigenvalue weighted by Gasteiger charge is 2.40. The van der Waals surface area contributed by atoms with Gasteiger partial charge in [-0.15, -0.1) is 0 Å². The normalized spacial score (nSPS) is 41.1. The van der Waals surface area contributed by atoms with Crippen molar-refractivity contribution in [1.29, 1.82) is 0 Å². The van der Waals surface area contributed by atoms with E-state index in [-0.39, 0.29) is 5.60 Å². The third kappa shape index (κ3) is 4.45. The van der Waals surface area contributed by atoms with E-state index in [2.05, 4.69) is 19.2 Å². The molecule has 0 aromatic heterocycles. The Balaban J connectivity index is 1.60. The minimum Gasteiger partial charge on any atom is -0.370 e. The topological polar surface area (TPSA) is 21.3 Å². The van der Waals surface area contributed by atoms with E-state index >= 15 is 0 Å². The van der Waals surface area contributed by atoms with Gasteiger partial charge in [0.05, 0.1) is 11.7 Å². The lowest BCUT2D eigenvalue weighted by molar-refractivity contribution is -0.135. The molecule has 4 atom stereocenters. The van der Waals surface area contributed by atoms with Crippen LogP contribution in [0.25, 0.3) is 0 Å². The first kappa shape index (κ1) is 15.8. The summed E-state index contributed by atoms with van der Waals surface area (Å²) < 4.78 is 6.84. The van der Waals surface area contributed by atoms with Crippen LogP contribution in [-0.4, -0.2) is 24.3 Å². The van der Waals surface area contributed by atoms with Gasteiger partial charge in [-0.1, -0.05) is 46.0 Å². The van der Waals surface area contributed by atoms with Crippen LogP contribution in [0.3, 0.4) is 0 Å². The Hall–Kier alpha value is -0.0800. The van der Waals surface area contributed by atoms with Crippen molar-refractivity contribution >= 4 is 0 Å². The van der Waals surface area contributed by atoms with Gasteiger partial charge < -0.3 is 10.1 Å². The summed E-state index contributed by atoms with van der Waals surface area (Å²) in [6.45, 7) is 5.87. The van der Waals surface area contributed by atoms with Crippen molar-refractivity contribution in [3.05, 3.63) is 0 Å². The minimum absolute atomic E-state index is 0.153. The molecule has 0 spiro atoms. The maximum absolute atomic E-state index is 6.84. The number of ether oxygens (including phenoxy) is 1. The summed E-state index contributed by atoms with van der Waals surface area (Å²) in [5, 5.41) is 3.78. The second-order valence-electron chi connectivity index (χ2n) is 8.22. The van der Waals surface area contributed by atoms with Gasteiger partial charge >= 0.3 is 0 Å². The summed E-state index contributed by atoms with van der Waals surface area (Å²) >= 11 is 0. The van der Waals surface area contributed by atoms with E-state index in [0.29, 0.717) is 6.10 Å². The second-order valence-corrected chi connectivity index (χ2v) is 8.22. The van der Waals surface area contributed by atoms with Crippen molar-refractivity contribution in [2.75, 3.05) is 6.54 Å². The van der Waals surface area contributed by atoms with Crippen molar-refractivity contribution < 1.29 is 4.74 Å². The molecule has 3 fully saturated rings. The molecule has 1 N–H and O–H groups in total. The van der Waals surface area contributed by atoms with E-state index in [1.807, 2.05) is 0 Å². The van der Waals surface area contributed by atoms with Crippen LogP contribution in [0.1, 0.15) is 84.5 Å². The van der Waals surface area contributed by atoms with Gasteiger partial charge in [0.1, 0.15) is 0 Å². The Bertz CT molecular complexity index is 328. The predicted octanol–water partition coefficient (Wildman–Crippen LogP) is 4.67. The molecular weight excluding hydrogens is 258 g/mol. The molecule has 2 heteroatoms. The zero-order valence-electron chi connectivity index (χ0n) is 14.2. The van der Waals surface area contributed by atoms with Crippen LogP contribution in [0.15, 0.2) is 0 Å². The third-order valence-corrected chi connectivity index (χ3v) is 6.07. The Kier molecular flexibility index (Phi) is 5.27. The average Bonchev–Trinajstić information content (AvgIpc) is 3.30. The van der Waals surface area contributed by atoms with Crippen LogP contribution < -0.4 is 5.32 Å². The van der Waals surface area contributed by atoms with Crippen LogP contribution in [0.2, 0.25) is 0 Å². The van der Waals surface area contributed by atoms with E-state index in [9.17, 15) is 0 Å². The maximum Gasteiger partial charge on any atom is 0.0812 e. The molecule has 3 aliphatic rings. The molecule has 0 aliphatic heterocycles. The van der Waals surface area contributed by atoms with E-state index in [1.54, 1.807) is 0 Å². The lowest BCUT2D eigenvalue weighted by Crippen LogP contribution is -2.49. The fourth-order valence-corrected chi connectivity index (χ4v) is 4.61. The van der Waals surface area contributed by atoms with Gasteiger partial charge in [0.25, 0.3) is 0 Å². The number of hydrogen-bond donors (Lipinski definition) is 1. The molecule has 3 aliphatic carbocycles. The molecule has 4 unspecified atom stereocenters. The number of rotatable bonds is 6. The number of nitrogens with one attached hydrogen (secondary N) is 1. The molecule has 0 bridgehead atoms. The molecule has 3 rings (SSSR count). The van der Waals surface area contributed by atoms with Crippen LogP contribution in [0, 0.1) is 11.8 Å². The average molecular weight is 293 g/mol. The van der Waals surface area contributed by atoms with Gasteiger partial charge in [-0.2, -0.15) is 0 Å². The summed E-state index contributed by atoms with van der Waals surface area (Å²) in [6, 6.07) is 0.803. The summed E-state index contributed by atoms with van der Waals surface area (Å²) in [5.74, 6) is 1.75. The van der Waals surface area contributed by atoms with E-state index < -0.39 is 0 Å². The summed E-state index contributed by atoms with van der Waals surface area (Å²) in [5.41, 5.74) is 0.153. The molecule has 0 heterocycles. The highest BCUT2D eigenvalue weighted by atomic mass is 16.5. The molecule has 0 aromatic carbocycles. The van der Waals surface area contributed by atoms with Crippen molar-refractivity contribution in [3.63, 3.8) is 0 Å². The summed E-state index contributed by atoms with van der Waals surface area (Å²) in [6.07, 6.45) is 15.4. The van der Waals surface area contributed by atoms with Crippen molar-refractivity contribution in [2.45, 2.75) is 102 Å². The van der Waals surface area contributed by atoms with Crippen LogP contribution in [0.5, 0.6) is 0 Å². The minimum atomic E-state index is 0.153. The van der Waals surface area contributed by atoms with Crippen molar-refractivity contribution in [1.82, 2.24) is 5.32 Å². The lowest BCUT2D eigenvalue weighted by Gasteiger charge is -2.44. The van der Waals surface area contributed by atoms with E-state index in [1.165, 1.54) is 70.6 Å².